The van der Waals surface area contributed by atoms with Gasteiger partial charge in [-0.05, 0) is 57.5 Å². The van der Waals surface area contributed by atoms with Crippen LogP contribution in [0.3, 0.4) is 0 Å². The van der Waals surface area contributed by atoms with Crippen LogP contribution in [0, 0.1) is 11.8 Å². The Hall–Kier alpha value is -0.540. The van der Waals surface area contributed by atoms with Gasteiger partial charge in [0, 0.05) is 6.54 Å². The van der Waals surface area contributed by atoms with E-state index in [0.717, 1.165) is 55.0 Å². The normalized spacial score (nSPS) is 22.6. The highest BCUT2D eigenvalue weighted by molar-refractivity contribution is 6.31. The average Bonchev–Trinajstić information content (AvgIpc) is 3.02. The van der Waals surface area contributed by atoms with E-state index in [-0.39, 0.29) is 0 Å². The number of rotatable bonds is 7. The molecule has 0 saturated heterocycles. The predicted molar refractivity (Wildman–Crippen MR) is 85.4 cm³/mol. The van der Waals surface area contributed by atoms with Gasteiger partial charge in [0.15, 0.2) is 0 Å². The van der Waals surface area contributed by atoms with E-state index in [4.69, 9.17) is 11.6 Å². The smallest absolute Gasteiger partial charge is 0.0849 e. The zero-order chi connectivity index (χ0) is 14.5. The van der Waals surface area contributed by atoms with Crippen LogP contribution in [0.25, 0.3) is 0 Å². The minimum Gasteiger partial charge on any atom is -0.317 e. The molecule has 2 atom stereocenters. The molecule has 2 rings (SSSR count). The number of halogens is 1. The molecule has 1 aromatic heterocycles. The molecule has 1 aromatic rings. The van der Waals surface area contributed by atoms with Crippen LogP contribution in [-0.2, 0) is 19.4 Å². The maximum Gasteiger partial charge on any atom is 0.0849 e. The largest absolute Gasteiger partial charge is 0.317 e. The van der Waals surface area contributed by atoms with Crippen molar-refractivity contribution in [3.8, 4) is 0 Å². The Morgan fingerprint density at radius 2 is 2.00 bits per heavy atom. The highest BCUT2D eigenvalue weighted by atomic mass is 35.5. The molecule has 2 unspecified atom stereocenters. The van der Waals surface area contributed by atoms with Crippen LogP contribution in [-0.4, -0.2) is 22.9 Å². The number of nitrogens with zero attached hydrogens (tertiary/aromatic N) is 2. The molecule has 0 amide bonds. The molecule has 20 heavy (non-hydrogen) atoms. The minimum atomic E-state index is 0.762. The Balaban J connectivity index is 2.10. The summed E-state index contributed by atoms with van der Waals surface area (Å²) < 4.78 is 2.11. The second-order valence-electron chi connectivity index (χ2n) is 5.84. The average molecular weight is 298 g/mol. The van der Waals surface area contributed by atoms with E-state index in [1.807, 2.05) is 0 Å². The second-order valence-corrected chi connectivity index (χ2v) is 6.22. The third-order valence-electron chi connectivity index (χ3n) is 4.62. The van der Waals surface area contributed by atoms with Gasteiger partial charge in [0.25, 0.3) is 0 Å². The first-order valence-electron chi connectivity index (χ1n) is 8.15. The van der Waals surface area contributed by atoms with Crippen LogP contribution in [0.4, 0.5) is 0 Å². The van der Waals surface area contributed by atoms with Crippen LogP contribution < -0.4 is 5.32 Å². The molecule has 3 nitrogen and oxygen atoms in total. The lowest BCUT2D eigenvalue weighted by Crippen LogP contribution is -2.26. The fraction of sp³-hybridized carbons (Fsp3) is 0.812. The summed E-state index contributed by atoms with van der Waals surface area (Å²) >= 11 is 6.54. The molecular weight excluding hydrogens is 270 g/mol. The molecule has 4 heteroatoms. The Morgan fingerprint density at radius 1 is 1.25 bits per heavy atom. The van der Waals surface area contributed by atoms with Gasteiger partial charge in [0.05, 0.1) is 16.4 Å². The molecule has 1 saturated carbocycles. The van der Waals surface area contributed by atoms with E-state index in [1.165, 1.54) is 25.0 Å². The van der Waals surface area contributed by atoms with Crippen molar-refractivity contribution < 1.29 is 0 Å². The lowest BCUT2D eigenvalue weighted by atomic mass is 9.91. The van der Waals surface area contributed by atoms with Crippen molar-refractivity contribution in [2.45, 2.75) is 59.4 Å². The summed E-state index contributed by atoms with van der Waals surface area (Å²) in [6.07, 6.45) is 6.07. The highest BCUT2D eigenvalue weighted by Gasteiger charge is 2.29. The summed E-state index contributed by atoms with van der Waals surface area (Å²) in [5, 5.41) is 9.08. The summed E-state index contributed by atoms with van der Waals surface area (Å²) in [7, 11) is 0. The van der Waals surface area contributed by atoms with Crippen LogP contribution >= 0.6 is 11.6 Å². The molecule has 0 radical (unpaired) electrons. The molecule has 0 aromatic carbocycles. The second kappa shape index (κ2) is 7.46. The third-order valence-corrected chi connectivity index (χ3v) is 5.06. The van der Waals surface area contributed by atoms with E-state index in [0.29, 0.717) is 0 Å². The zero-order valence-corrected chi connectivity index (χ0v) is 13.8. The first kappa shape index (κ1) is 15.8. The first-order chi connectivity index (χ1) is 9.71. The topological polar surface area (TPSA) is 29.9 Å². The van der Waals surface area contributed by atoms with Crippen molar-refractivity contribution in [1.29, 1.82) is 0 Å². The molecule has 1 aliphatic rings. The molecule has 0 aliphatic heterocycles. The van der Waals surface area contributed by atoms with Gasteiger partial charge >= 0.3 is 0 Å². The SMILES string of the molecule is CCNCC1CCCC1Cc1c(Cl)c(CC)nn1CC. The first-order valence-corrected chi connectivity index (χ1v) is 8.53. The van der Waals surface area contributed by atoms with Gasteiger partial charge in [0.1, 0.15) is 0 Å². The van der Waals surface area contributed by atoms with Gasteiger partial charge in [-0.3, -0.25) is 4.68 Å². The quantitative estimate of drug-likeness (QED) is 0.832. The minimum absolute atomic E-state index is 0.762. The molecule has 1 N–H and O–H groups in total. The van der Waals surface area contributed by atoms with E-state index in [9.17, 15) is 0 Å². The number of aromatic nitrogens is 2. The van der Waals surface area contributed by atoms with Gasteiger partial charge < -0.3 is 5.32 Å². The summed E-state index contributed by atoms with van der Waals surface area (Å²) in [5.41, 5.74) is 2.32. The van der Waals surface area contributed by atoms with E-state index < -0.39 is 0 Å². The summed E-state index contributed by atoms with van der Waals surface area (Å²) in [5.74, 6) is 1.56. The Kier molecular flexibility index (Phi) is 5.91. The van der Waals surface area contributed by atoms with Crippen LogP contribution in [0.1, 0.15) is 51.4 Å². The maximum atomic E-state index is 6.54. The number of hydrogen-bond acceptors (Lipinski definition) is 2. The molecule has 114 valence electrons. The van der Waals surface area contributed by atoms with Crippen molar-refractivity contribution in [1.82, 2.24) is 15.1 Å². The molecule has 0 bridgehead atoms. The van der Waals surface area contributed by atoms with Crippen molar-refractivity contribution in [3.63, 3.8) is 0 Å². The van der Waals surface area contributed by atoms with Gasteiger partial charge in [-0.1, -0.05) is 31.9 Å². The van der Waals surface area contributed by atoms with Crippen molar-refractivity contribution in [2.75, 3.05) is 13.1 Å². The third kappa shape index (κ3) is 3.37. The van der Waals surface area contributed by atoms with Crippen LogP contribution in [0.2, 0.25) is 5.02 Å². The predicted octanol–water partition coefficient (Wildman–Crippen LogP) is 3.69. The Morgan fingerprint density at radius 3 is 2.65 bits per heavy atom. The molecule has 0 spiro atoms. The van der Waals surface area contributed by atoms with Crippen LogP contribution in [0.5, 0.6) is 0 Å². The Labute approximate surface area is 128 Å². The molecule has 1 aliphatic carbocycles. The number of aryl methyl sites for hydroxylation is 2. The van der Waals surface area contributed by atoms with Gasteiger partial charge in [-0.2, -0.15) is 5.10 Å². The van der Waals surface area contributed by atoms with Crippen molar-refractivity contribution in [2.24, 2.45) is 11.8 Å². The standard InChI is InChI=1S/C16H28ClN3/c1-4-14-16(17)15(20(6-3)19-14)10-12-8-7-9-13(12)11-18-5-2/h12-13,18H,4-11H2,1-3H3. The highest BCUT2D eigenvalue weighted by Crippen LogP contribution is 2.36. The Bertz CT molecular complexity index is 428. The molecule has 1 heterocycles. The van der Waals surface area contributed by atoms with E-state index in [1.54, 1.807) is 0 Å². The monoisotopic (exact) mass is 297 g/mol. The fourth-order valence-electron chi connectivity index (χ4n) is 3.44. The number of hydrogen-bond donors (Lipinski definition) is 1. The van der Waals surface area contributed by atoms with E-state index in [2.05, 4.69) is 35.9 Å². The van der Waals surface area contributed by atoms with Crippen molar-refractivity contribution >= 4 is 11.6 Å². The lowest BCUT2D eigenvalue weighted by Gasteiger charge is -2.20. The van der Waals surface area contributed by atoms with Gasteiger partial charge in [-0.15, -0.1) is 0 Å². The fourth-order valence-corrected chi connectivity index (χ4v) is 3.79. The van der Waals surface area contributed by atoms with Gasteiger partial charge in [-0.25, -0.2) is 0 Å². The zero-order valence-electron chi connectivity index (χ0n) is 13.1. The lowest BCUT2D eigenvalue weighted by molar-refractivity contribution is 0.360. The number of nitrogens with one attached hydrogen (secondary N) is 1. The van der Waals surface area contributed by atoms with Crippen molar-refractivity contribution in [3.05, 3.63) is 16.4 Å². The summed E-state index contributed by atoms with van der Waals surface area (Å²) in [4.78, 5) is 0. The summed E-state index contributed by atoms with van der Waals surface area (Å²) in [6.45, 7) is 9.59. The molecular formula is C16H28ClN3. The van der Waals surface area contributed by atoms with E-state index >= 15 is 0 Å². The van der Waals surface area contributed by atoms with Crippen LogP contribution in [0.15, 0.2) is 0 Å². The summed E-state index contributed by atoms with van der Waals surface area (Å²) in [6, 6.07) is 0. The molecule has 1 fully saturated rings. The maximum absolute atomic E-state index is 6.54. The van der Waals surface area contributed by atoms with Gasteiger partial charge in [0.2, 0.25) is 0 Å².